The van der Waals surface area contributed by atoms with Crippen molar-refractivity contribution >= 4 is 5.78 Å². The van der Waals surface area contributed by atoms with Crippen molar-refractivity contribution in [3.63, 3.8) is 0 Å². The Bertz CT molecular complexity index is 825. The molecule has 0 N–H and O–H groups in total. The zero-order chi connectivity index (χ0) is 15.7. The van der Waals surface area contributed by atoms with Crippen LogP contribution in [0, 0.1) is 0 Å². The SMILES string of the molecule is O=C1C=CC2=CC(c3ccccc3)(c3ccccc3)C=CC2=C1. The molecule has 1 heteroatoms. The highest BCUT2D eigenvalue weighted by molar-refractivity contribution is 6.03. The van der Waals surface area contributed by atoms with Gasteiger partial charge in [0.1, 0.15) is 0 Å². The van der Waals surface area contributed by atoms with Gasteiger partial charge in [0.05, 0.1) is 5.41 Å². The van der Waals surface area contributed by atoms with E-state index in [4.69, 9.17) is 0 Å². The molecule has 1 nitrogen and oxygen atoms in total. The van der Waals surface area contributed by atoms with Crippen molar-refractivity contribution in [2.24, 2.45) is 0 Å². The fourth-order valence-corrected chi connectivity index (χ4v) is 3.30. The second kappa shape index (κ2) is 5.36. The maximum Gasteiger partial charge on any atom is 0.179 e. The van der Waals surface area contributed by atoms with Gasteiger partial charge in [0.2, 0.25) is 0 Å². The van der Waals surface area contributed by atoms with E-state index in [1.54, 1.807) is 12.2 Å². The van der Waals surface area contributed by atoms with Crippen molar-refractivity contribution in [2.45, 2.75) is 5.41 Å². The maximum atomic E-state index is 11.6. The number of hydrogen-bond donors (Lipinski definition) is 0. The highest BCUT2D eigenvalue weighted by Gasteiger charge is 2.32. The van der Waals surface area contributed by atoms with Gasteiger partial charge < -0.3 is 0 Å². The summed E-state index contributed by atoms with van der Waals surface area (Å²) < 4.78 is 0. The maximum absolute atomic E-state index is 11.6. The fraction of sp³-hybridized carbons (Fsp3) is 0.0455. The lowest BCUT2D eigenvalue weighted by molar-refractivity contribution is -0.110. The van der Waals surface area contributed by atoms with Gasteiger partial charge in [-0.05, 0) is 34.4 Å². The average molecular weight is 296 g/mol. The lowest BCUT2D eigenvalue weighted by Crippen LogP contribution is -2.25. The Hall–Kier alpha value is -2.93. The quantitative estimate of drug-likeness (QED) is 0.795. The normalized spacial score (nSPS) is 18.2. The lowest BCUT2D eigenvalue weighted by atomic mass is 9.69. The number of carbonyl (C=O) groups excluding carboxylic acids is 1. The first-order valence-corrected chi connectivity index (χ1v) is 7.75. The molecule has 0 amide bonds. The van der Waals surface area contributed by atoms with Gasteiger partial charge in [0.25, 0.3) is 0 Å². The summed E-state index contributed by atoms with van der Waals surface area (Å²) in [6.07, 6.45) is 11.8. The Morgan fingerprint density at radius 3 is 1.87 bits per heavy atom. The summed E-state index contributed by atoms with van der Waals surface area (Å²) in [7, 11) is 0. The summed E-state index contributed by atoms with van der Waals surface area (Å²) in [6, 6.07) is 21.0. The van der Waals surface area contributed by atoms with Crippen molar-refractivity contribution in [3.8, 4) is 0 Å². The lowest BCUT2D eigenvalue weighted by Gasteiger charge is -2.33. The molecule has 23 heavy (non-hydrogen) atoms. The summed E-state index contributed by atoms with van der Waals surface area (Å²) in [5, 5.41) is 0. The zero-order valence-corrected chi connectivity index (χ0v) is 12.6. The molecule has 0 spiro atoms. The largest absolute Gasteiger partial charge is 0.290 e. The Morgan fingerprint density at radius 2 is 1.26 bits per heavy atom. The van der Waals surface area contributed by atoms with Crippen LogP contribution in [0.1, 0.15) is 11.1 Å². The number of ketones is 1. The van der Waals surface area contributed by atoms with Crippen molar-refractivity contribution < 1.29 is 4.79 Å². The predicted octanol–water partition coefficient (Wildman–Crippen LogP) is 4.53. The number of benzene rings is 2. The molecule has 0 saturated heterocycles. The van der Waals surface area contributed by atoms with Gasteiger partial charge in [-0.3, -0.25) is 4.79 Å². The summed E-state index contributed by atoms with van der Waals surface area (Å²) >= 11 is 0. The third-order valence-electron chi connectivity index (χ3n) is 4.47. The van der Waals surface area contributed by atoms with Gasteiger partial charge in [0.15, 0.2) is 5.78 Å². The first-order chi connectivity index (χ1) is 11.3. The molecule has 110 valence electrons. The van der Waals surface area contributed by atoms with E-state index in [-0.39, 0.29) is 11.2 Å². The van der Waals surface area contributed by atoms with Crippen LogP contribution in [0.25, 0.3) is 0 Å². The van der Waals surface area contributed by atoms with Crippen LogP contribution in [0.2, 0.25) is 0 Å². The standard InChI is InChI=1S/C22H16O/c23-21-12-11-18-16-22(14-13-17(18)15-21,19-7-3-1-4-8-19)20-9-5-2-6-10-20/h1-16H. The summed E-state index contributed by atoms with van der Waals surface area (Å²) in [5.41, 5.74) is 4.22. The zero-order valence-electron chi connectivity index (χ0n) is 12.6. The van der Waals surface area contributed by atoms with E-state index in [0.717, 1.165) is 11.1 Å². The molecule has 0 aromatic heterocycles. The van der Waals surface area contributed by atoms with Gasteiger partial charge in [-0.25, -0.2) is 0 Å². The monoisotopic (exact) mass is 296 g/mol. The minimum Gasteiger partial charge on any atom is -0.290 e. The van der Waals surface area contributed by atoms with Crippen LogP contribution < -0.4 is 0 Å². The van der Waals surface area contributed by atoms with Crippen LogP contribution in [-0.4, -0.2) is 5.78 Å². The van der Waals surface area contributed by atoms with E-state index in [2.05, 4.69) is 66.8 Å². The molecule has 2 aromatic rings. The molecule has 0 heterocycles. The van der Waals surface area contributed by atoms with Gasteiger partial charge in [-0.15, -0.1) is 0 Å². The van der Waals surface area contributed by atoms with Crippen LogP contribution in [0.5, 0.6) is 0 Å². The Morgan fingerprint density at radius 1 is 0.652 bits per heavy atom. The number of hydrogen-bond acceptors (Lipinski definition) is 1. The molecule has 2 aromatic carbocycles. The average Bonchev–Trinajstić information content (AvgIpc) is 2.63. The molecule has 2 aliphatic carbocycles. The van der Waals surface area contributed by atoms with Crippen LogP contribution in [-0.2, 0) is 10.2 Å². The Labute approximate surface area is 136 Å². The van der Waals surface area contributed by atoms with Gasteiger partial charge >= 0.3 is 0 Å². The molecule has 2 aliphatic rings. The van der Waals surface area contributed by atoms with Crippen LogP contribution >= 0.6 is 0 Å². The number of carbonyl (C=O) groups is 1. The molecule has 0 radical (unpaired) electrons. The Kier molecular flexibility index (Phi) is 3.20. The second-order valence-electron chi connectivity index (χ2n) is 5.87. The third-order valence-corrected chi connectivity index (χ3v) is 4.47. The van der Waals surface area contributed by atoms with E-state index < -0.39 is 0 Å². The van der Waals surface area contributed by atoms with Crippen molar-refractivity contribution in [3.05, 3.63) is 119 Å². The van der Waals surface area contributed by atoms with E-state index in [9.17, 15) is 4.79 Å². The number of rotatable bonds is 2. The first-order valence-electron chi connectivity index (χ1n) is 7.75. The van der Waals surface area contributed by atoms with Gasteiger partial charge in [0, 0.05) is 0 Å². The minimum atomic E-state index is -0.306. The number of allylic oxidation sites excluding steroid dienone is 8. The summed E-state index contributed by atoms with van der Waals surface area (Å²) in [4.78, 5) is 11.6. The topological polar surface area (TPSA) is 17.1 Å². The molecule has 0 saturated carbocycles. The van der Waals surface area contributed by atoms with Crippen LogP contribution in [0.3, 0.4) is 0 Å². The van der Waals surface area contributed by atoms with E-state index in [0.29, 0.717) is 0 Å². The summed E-state index contributed by atoms with van der Waals surface area (Å²) in [6.45, 7) is 0. The number of fused-ring (bicyclic) bond motifs is 1. The van der Waals surface area contributed by atoms with Crippen molar-refractivity contribution in [1.29, 1.82) is 0 Å². The molecule has 0 aliphatic heterocycles. The highest BCUT2D eigenvalue weighted by Crippen LogP contribution is 2.41. The summed E-state index contributed by atoms with van der Waals surface area (Å²) in [5.74, 6) is 0.0497. The second-order valence-corrected chi connectivity index (χ2v) is 5.87. The van der Waals surface area contributed by atoms with Crippen LogP contribution in [0.4, 0.5) is 0 Å². The molecule has 0 bridgehead atoms. The molecule has 4 rings (SSSR count). The van der Waals surface area contributed by atoms with Gasteiger partial charge in [-0.2, -0.15) is 0 Å². The Balaban J connectivity index is 1.95. The predicted molar refractivity (Wildman–Crippen MR) is 93.1 cm³/mol. The first kappa shape index (κ1) is 13.7. The van der Waals surface area contributed by atoms with Gasteiger partial charge in [-0.1, -0.05) is 85.0 Å². The molecular weight excluding hydrogens is 280 g/mol. The minimum absolute atomic E-state index is 0.0497. The molecule has 0 atom stereocenters. The molecule has 0 unspecified atom stereocenters. The smallest absolute Gasteiger partial charge is 0.179 e. The van der Waals surface area contributed by atoms with Crippen molar-refractivity contribution in [1.82, 2.24) is 0 Å². The molecular formula is C22H16O. The van der Waals surface area contributed by atoms with E-state index >= 15 is 0 Å². The molecule has 0 fully saturated rings. The van der Waals surface area contributed by atoms with Crippen LogP contribution in [0.15, 0.2) is 108 Å². The third kappa shape index (κ3) is 2.31. The fourth-order valence-electron chi connectivity index (χ4n) is 3.30. The van der Waals surface area contributed by atoms with E-state index in [1.165, 1.54) is 11.1 Å². The highest BCUT2D eigenvalue weighted by atomic mass is 16.1. The van der Waals surface area contributed by atoms with E-state index in [1.807, 2.05) is 18.2 Å². The van der Waals surface area contributed by atoms with Crippen molar-refractivity contribution in [2.75, 3.05) is 0 Å².